The van der Waals surface area contributed by atoms with Crippen molar-refractivity contribution >= 4 is 35.3 Å². The van der Waals surface area contributed by atoms with Gasteiger partial charge < -0.3 is 4.74 Å². The van der Waals surface area contributed by atoms with E-state index in [1.54, 1.807) is 36.4 Å². The number of para-hydroxylation sites is 1. The average molecular weight is 351 g/mol. The van der Waals surface area contributed by atoms with Crippen LogP contribution >= 0.6 is 23.2 Å². The van der Waals surface area contributed by atoms with Crippen LogP contribution in [-0.4, -0.2) is 18.7 Å². The number of carbonyl (C=O) groups excluding carboxylic acids is 1. The van der Waals surface area contributed by atoms with Gasteiger partial charge in [0.15, 0.2) is 0 Å². The lowest BCUT2D eigenvalue weighted by atomic mass is 10.2. The van der Waals surface area contributed by atoms with Gasteiger partial charge in [-0.05, 0) is 30.7 Å². The number of nitrogens with zero attached hydrogens (tertiary/aromatic N) is 1. The number of hydrogen-bond donors (Lipinski definition) is 1. The maximum absolute atomic E-state index is 12.2. The molecule has 2 aromatic rings. The van der Waals surface area contributed by atoms with E-state index in [4.69, 9.17) is 27.9 Å². The topological polar surface area (TPSA) is 50.7 Å². The number of amides is 1. The molecule has 0 bridgehead atoms. The monoisotopic (exact) mass is 350 g/mol. The van der Waals surface area contributed by atoms with Gasteiger partial charge in [-0.1, -0.05) is 48.3 Å². The summed E-state index contributed by atoms with van der Waals surface area (Å²) in [6.45, 7) is 2.55. The molecular formula is C17H16Cl2N2O2. The second kappa shape index (κ2) is 8.56. The summed E-state index contributed by atoms with van der Waals surface area (Å²) in [4.78, 5) is 12.2. The van der Waals surface area contributed by atoms with E-state index in [9.17, 15) is 4.79 Å². The molecule has 0 heterocycles. The average Bonchev–Trinajstić information content (AvgIpc) is 2.55. The van der Waals surface area contributed by atoms with Gasteiger partial charge in [0, 0.05) is 10.6 Å². The van der Waals surface area contributed by atoms with Crippen molar-refractivity contribution in [2.45, 2.75) is 13.3 Å². The van der Waals surface area contributed by atoms with Crippen LogP contribution in [0.2, 0.25) is 10.0 Å². The van der Waals surface area contributed by atoms with Gasteiger partial charge in [-0.15, -0.1) is 0 Å². The summed E-state index contributed by atoms with van der Waals surface area (Å²) in [5.74, 6) is 0.185. The van der Waals surface area contributed by atoms with Crippen LogP contribution in [0.3, 0.4) is 0 Å². The lowest BCUT2D eigenvalue weighted by molar-refractivity contribution is 0.0951. The molecule has 0 aliphatic rings. The molecule has 2 rings (SSSR count). The highest BCUT2D eigenvalue weighted by Crippen LogP contribution is 2.20. The fraction of sp³-hybridized carbons (Fsp3) is 0.176. The Morgan fingerprint density at radius 2 is 2.04 bits per heavy atom. The second-order valence-corrected chi connectivity index (χ2v) is 5.55. The summed E-state index contributed by atoms with van der Waals surface area (Å²) in [5, 5.41) is 4.92. The van der Waals surface area contributed by atoms with Gasteiger partial charge >= 0.3 is 0 Å². The van der Waals surface area contributed by atoms with Crippen LogP contribution in [0, 0.1) is 0 Å². The number of benzene rings is 2. The van der Waals surface area contributed by atoms with E-state index in [1.165, 1.54) is 6.21 Å². The number of halogens is 2. The minimum atomic E-state index is -0.349. The molecule has 1 N–H and O–H groups in total. The van der Waals surface area contributed by atoms with E-state index in [-0.39, 0.29) is 5.91 Å². The molecule has 0 saturated carbocycles. The quantitative estimate of drug-likeness (QED) is 0.613. The summed E-state index contributed by atoms with van der Waals surface area (Å²) in [5.41, 5.74) is 3.55. The lowest BCUT2D eigenvalue weighted by Gasteiger charge is -2.09. The zero-order valence-electron chi connectivity index (χ0n) is 12.6. The van der Waals surface area contributed by atoms with E-state index in [2.05, 4.69) is 10.5 Å². The Morgan fingerprint density at radius 3 is 2.78 bits per heavy atom. The molecule has 0 fully saturated rings. The number of hydrazone groups is 1. The van der Waals surface area contributed by atoms with Crippen LogP contribution in [0.1, 0.15) is 29.3 Å². The molecule has 1 amide bonds. The Balaban J connectivity index is 2.06. The van der Waals surface area contributed by atoms with Crippen molar-refractivity contribution in [3.05, 3.63) is 63.6 Å². The Morgan fingerprint density at radius 1 is 1.26 bits per heavy atom. The van der Waals surface area contributed by atoms with E-state index in [1.807, 2.05) is 13.0 Å². The van der Waals surface area contributed by atoms with Crippen molar-refractivity contribution in [1.82, 2.24) is 5.43 Å². The van der Waals surface area contributed by atoms with Crippen LogP contribution in [-0.2, 0) is 0 Å². The van der Waals surface area contributed by atoms with E-state index >= 15 is 0 Å². The summed E-state index contributed by atoms with van der Waals surface area (Å²) in [7, 11) is 0. The first kappa shape index (κ1) is 17.3. The van der Waals surface area contributed by atoms with Crippen molar-refractivity contribution in [2.75, 3.05) is 6.61 Å². The van der Waals surface area contributed by atoms with Gasteiger partial charge in [0.25, 0.3) is 5.91 Å². The number of hydrogen-bond acceptors (Lipinski definition) is 3. The van der Waals surface area contributed by atoms with Crippen molar-refractivity contribution in [1.29, 1.82) is 0 Å². The van der Waals surface area contributed by atoms with Crippen LogP contribution in [0.4, 0.5) is 0 Å². The van der Waals surface area contributed by atoms with Crippen molar-refractivity contribution in [3.63, 3.8) is 0 Å². The molecule has 0 spiro atoms. The predicted molar refractivity (Wildman–Crippen MR) is 93.8 cm³/mol. The molecule has 0 unspecified atom stereocenters. The third-order valence-corrected chi connectivity index (χ3v) is 3.49. The fourth-order valence-corrected chi connectivity index (χ4v) is 2.28. The summed E-state index contributed by atoms with van der Waals surface area (Å²) < 4.78 is 5.56. The summed E-state index contributed by atoms with van der Waals surface area (Å²) in [6.07, 6.45) is 2.33. The maximum Gasteiger partial charge on any atom is 0.275 e. The summed E-state index contributed by atoms with van der Waals surface area (Å²) in [6, 6.07) is 12.1. The van der Waals surface area contributed by atoms with E-state index in [0.717, 1.165) is 6.42 Å². The number of rotatable bonds is 6. The molecule has 0 aromatic heterocycles. The zero-order valence-corrected chi connectivity index (χ0v) is 14.1. The maximum atomic E-state index is 12.2. The van der Waals surface area contributed by atoms with Gasteiger partial charge in [-0.2, -0.15) is 5.10 Å². The molecular weight excluding hydrogens is 335 g/mol. The largest absolute Gasteiger partial charge is 0.493 e. The van der Waals surface area contributed by atoms with Gasteiger partial charge in [-0.3, -0.25) is 4.79 Å². The standard InChI is InChI=1S/C17H16Cl2N2O2/c1-2-9-23-16-6-4-3-5-14(16)17(22)21-20-11-12-7-8-13(18)10-15(12)19/h3-8,10-11H,2,9H2,1H3,(H,21,22)/b20-11+. The smallest absolute Gasteiger partial charge is 0.275 e. The molecule has 0 radical (unpaired) electrons. The van der Waals surface area contributed by atoms with Crippen molar-refractivity contribution in [3.8, 4) is 5.75 Å². The number of nitrogens with one attached hydrogen (secondary N) is 1. The molecule has 23 heavy (non-hydrogen) atoms. The highest BCUT2D eigenvalue weighted by Gasteiger charge is 2.11. The lowest BCUT2D eigenvalue weighted by Crippen LogP contribution is -2.18. The van der Waals surface area contributed by atoms with Gasteiger partial charge in [0.05, 0.1) is 23.4 Å². The third kappa shape index (κ3) is 4.98. The van der Waals surface area contributed by atoms with Gasteiger partial charge in [-0.25, -0.2) is 5.43 Å². The highest BCUT2D eigenvalue weighted by molar-refractivity contribution is 6.36. The zero-order chi connectivity index (χ0) is 16.7. The minimum absolute atomic E-state index is 0.349. The molecule has 120 valence electrons. The minimum Gasteiger partial charge on any atom is -0.493 e. The van der Waals surface area contributed by atoms with Gasteiger partial charge in [0.2, 0.25) is 0 Å². The third-order valence-electron chi connectivity index (χ3n) is 2.93. The molecule has 0 saturated heterocycles. The first-order valence-electron chi connectivity index (χ1n) is 7.12. The Bertz CT molecular complexity index is 717. The molecule has 2 aromatic carbocycles. The second-order valence-electron chi connectivity index (χ2n) is 4.71. The number of carbonyl (C=O) groups is 1. The Kier molecular flexibility index (Phi) is 6.44. The Labute approximate surface area is 145 Å². The highest BCUT2D eigenvalue weighted by atomic mass is 35.5. The van der Waals surface area contributed by atoms with E-state index < -0.39 is 0 Å². The first-order chi connectivity index (χ1) is 11.1. The molecule has 0 atom stereocenters. The molecule has 6 heteroatoms. The molecule has 4 nitrogen and oxygen atoms in total. The van der Waals surface area contributed by atoms with Crippen molar-refractivity contribution in [2.24, 2.45) is 5.10 Å². The van der Waals surface area contributed by atoms with Crippen molar-refractivity contribution < 1.29 is 9.53 Å². The van der Waals surface area contributed by atoms with Crippen LogP contribution in [0.15, 0.2) is 47.6 Å². The van der Waals surface area contributed by atoms with Gasteiger partial charge in [0.1, 0.15) is 5.75 Å². The van der Waals surface area contributed by atoms with Crippen LogP contribution < -0.4 is 10.2 Å². The first-order valence-corrected chi connectivity index (χ1v) is 7.87. The number of ether oxygens (including phenoxy) is 1. The summed E-state index contributed by atoms with van der Waals surface area (Å²) >= 11 is 11.9. The fourth-order valence-electron chi connectivity index (χ4n) is 1.82. The van der Waals surface area contributed by atoms with E-state index in [0.29, 0.717) is 33.5 Å². The molecule has 0 aliphatic heterocycles. The van der Waals surface area contributed by atoms with Crippen LogP contribution in [0.5, 0.6) is 5.75 Å². The van der Waals surface area contributed by atoms with Crippen LogP contribution in [0.25, 0.3) is 0 Å². The Hall–Kier alpha value is -2.04. The SMILES string of the molecule is CCCOc1ccccc1C(=O)N/N=C/c1ccc(Cl)cc1Cl. The molecule has 0 aliphatic carbocycles. The predicted octanol–water partition coefficient (Wildman–Crippen LogP) is 4.55. The normalized spacial score (nSPS) is 10.7.